The first-order valence-electron chi connectivity index (χ1n) is 15.7. The fraction of sp³-hybridized carbons (Fsp3) is 0.300. The van der Waals surface area contributed by atoms with Gasteiger partial charge < -0.3 is 14.4 Å². The molecule has 0 spiro atoms. The molecule has 6 aromatic rings. The van der Waals surface area contributed by atoms with Gasteiger partial charge in [-0.2, -0.15) is 0 Å². The summed E-state index contributed by atoms with van der Waals surface area (Å²) < 4.78 is 19.1. The van der Waals surface area contributed by atoms with Crippen LogP contribution in [0.25, 0.3) is 44.5 Å². The van der Waals surface area contributed by atoms with Crippen LogP contribution >= 0.6 is 0 Å². The predicted molar refractivity (Wildman–Crippen MR) is 189 cm³/mol. The van der Waals surface area contributed by atoms with Gasteiger partial charge in [-0.05, 0) is 52.9 Å². The molecule has 0 saturated carbocycles. The summed E-state index contributed by atoms with van der Waals surface area (Å²) in [5, 5.41) is 3.66. The van der Waals surface area contributed by atoms with Crippen LogP contribution in [0.1, 0.15) is 45.7 Å². The zero-order valence-corrected chi connectivity index (χ0v) is 31.5. The third kappa shape index (κ3) is 8.67. The molecule has 0 atom stereocenters. The second kappa shape index (κ2) is 14.5. The third-order valence-corrected chi connectivity index (χ3v) is 9.70. The zero-order valence-electron chi connectivity index (χ0n) is 28.1. The van der Waals surface area contributed by atoms with Gasteiger partial charge in [0, 0.05) is 43.7 Å². The van der Waals surface area contributed by atoms with Gasteiger partial charge in [-0.25, -0.2) is 0 Å². The van der Waals surface area contributed by atoms with Gasteiger partial charge in [0.1, 0.15) is 5.58 Å². The van der Waals surface area contributed by atoms with E-state index in [4.69, 9.17) is 4.42 Å². The molecular weight excluding hydrogens is 764 g/mol. The van der Waals surface area contributed by atoms with Crippen molar-refractivity contribution in [2.75, 3.05) is 0 Å². The molecule has 0 aliphatic heterocycles. The number of hydrogen-bond donors (Lipinski definition) is 0. The zero-order chi connectivity index (χ0) is 32.4. The maximum absolute atomic E-state index is 13.0. The van der Waals surface area contributed by atoms with E-state index in [1.54, 1.807) is 6.07 Å². The molecule has 0 fully saturated rings. The van der Waals surface area contributed by atoms with E-state index in [9.17, 15) is 4.39 Å². The molecule has 0 bridgehead atoms. The number of pyridine rings is 2. The number of halogens is 1. The number of rotatable bonds is 6. The average Bonchev–Trinajstić information content (AvgIpc) is 3.35. The molecule has 241 valence electrons. The molecule has 0 N–H and O–H groups in total. The molecule has 6 heteroatoms. The quantitative estimate of drug-likeness (QED) is 0.124. The van der Waals surface area contributed by atoms with E-state index in [1.165, 1.54) is 28.4 Å². The van der Waals surface area contributed by atoms with Crippen molar-refractivity contribution < 1.29 is 28.9 Å². The van der Waals surface area contributed by atoms with Crippen LogP contribution in [0.15, 0.2) is 89.6 Å². The van der Waals surface area contributed by atoms with E-state index in [0.29, 0.717) is 5.92 Å². The van der Waals surface area contributed by atoms with Crippen LogP contribution in [0.5, 0.6) is 0 Å². The van der Waals surface area contributed by atoms with Crippen LogP contribution in [0.4, 0.5) is 4.39 Å². The van der Waals surface area contributed by atoms with Crippen LogP contribution in [0, 0.1) is 29.3 Å². The second-order valence-corrected chi connectivity index (χ2v) is 19.5. The summed E-state index contributed by atoms with van der Waals surface area (Å²) in [4.78, 5) is 9.16. The molecule has 1 radical (unpaired) electrons. The number of fused-ring (bicyclic) bond motifs is 3. The monoisotopic (exact) mass is 807 g/mol. The number of hydrogen-bond acceptors (Lipinski definition) is 3. The van der Waals surface area contributed by atoms with Crippen molar-refractivity contribution >= 4 is 35.2 Å². The van der Waals surface area contributed by atoms with Gasteiger partial charge in [-0.15, -0.1) is 48.0 Å². The van der Waals surface area contributed by atoms with Crippen molar-refractivity contribution in [1.29, 1.82) is 0 Å². The maximum atomic E-state index is 13.0. The Kier molecular flexibility index (Phi) is 11.2. The molecule has 0 amide bonds. The largest absolute Gasteiger partial charge is 0.501 e. The van der Waals surface area contributed by atoms with Gasteiger partial charge in [0.25, 0.3) is 0 Å². The maximum Gasteiger partial charge on any atom is 0.120 e. The average molecular weight is 807 g/mol. The van der Waals surface area contributed by atoms with Gasteiger partial charge in [0.15, 0.2) is 0 Å². The summed E-state index contributed by atoms with van der Waals surface area (Å²) in [6, 6.07) is 29.4. The van der Waals surface area contributed by atoms with E-state index in [1.807, 2.05) is 36.7 Å². The molecule has 3 nitrogen and oxygen atoms in total. The van der Waals surface area contributed by atoms with Crippen LogP contribution in [0.2, 0.25) is 19.6 Å². The summed E-state index contributed by atoms with van der Waals surface area (Å²) in [5.74, 6) is 0.340. The number of nitrogens with zero attached hydrogens (tertiary/aromatic N) is 2. The molecule has 3 aromatic heterocycles. The van der Waals surface area contributed by atoms with E-state index in [2.05, 4.69) is 107 Å². The summed E-state index contributed by atoms with van der Waals surface area (Å²) in [5.41, 5.74) is 8.25. The number of aromatic nitrogens is 2. The van der Waals surface area contributed by atoms with Gasteiger partial charge in [-0.1, -0.05) is 107 Å². The Bertz CT molecular complexity index is 1920. The first-order valence-corrected chi connectivity index (χ1v) is 19.2. The SMILES string of the molecule is CC(C)(C)Cc1ccnc(-c2[c-]ccc3c2oc2ccccc23)c1.CC(C)Cc1cc(-c2[c-]cc(F)cc2)ncc1[Si](C)(C)C.[Ir]. The summed E-state index contributed by atoms with van der Waals surface area (Å²) in [7, 11) is -1.41. The molecule has 0 aliphatic rings. The normalized spacial score (nSPS) is 11.8. The minimum absolute atomic E-state index is 0. The Morgan fingerprint density at radius 1 is 0.891 bits per heavy atom. The molecular formula is C40H43FIrN2OSi-2. The first kappa shape index (κ1) is 35.4. The summed E-state index contributed by atoms with van der Waals surface area (Å²) in [6.45, 7) is 18.3. The Morgan fingerprint density at radius 3 is 2.33 bits per heavy atom. The topological polar surface area (TPSA) is 38.9 Å². The van der Waals surface area contributed by atoms with Crippen LogP contribution in [-0.4, -0.2) is 18.0 Å². The molecule has 0 aliphatic carbocycles. The minimum atomic E-state index is -1.41. The van der Waals surface area contributed by atoms with E-state index >= 15 is 0 Å². The van der Waals surface area contributed by atoms with Gasteiger partial charge in [0.2, 0.25) is 0 Å². The number of benzene rings is 3. The van der Waals surface area contributed by atoms with Crippen LogP contribution < -0.4 is 5.19 Å². The van der Waals surface area contributed by atoms with Gasteiger partial charge >= 0.3 is 0 Å². The molecule has 46 heavy (non-hydrogen) atoms. The van der Waals surface area contributed by atoms with Crippen LogP contribution in [0.3, 0.4) is 0 Å². The fourth-order valence-corrected chi connectivity index (χ4v) is 7.30. The Morgan fingerprint density at radius 2 is 1.65 bits per heavy atom. The molecule has 0 saturated heterocycles. The molecule has 6 rings (SSSR count). The Hall–Kier alpha value is -3.44. The number of furan rings is 1. The van der Waals surface area contributed by atoms with Crippen molar-refractivity contribution in [2.45, 2.75) is 67.1 Å². The van der Waals surface area contributed by atoms with E-state index < -0.39 is 8.07 Å². The van der Waals surface area contributed by atoms with E-state index in [0.717, 1.165) is 57.3 Å². The van der Waals surface area contributed by atoms with Crippen molar-refractivity contribution in [2.24, 2.45) is 11.3 Å². The van der Waals surface area contributed by atoms with Crippen molar-refractivity contribution in [1.82, 2.24) is 9.97 Å². The summed E-state index contributed by atoms with van der Waals surface area (Å²) in [6.07, 6.45) is 5.97. The van der Waals surface area contributed by atoms with E-state index in [-0.39, 0.29) is 31.3 Å². The van der Waals surface area contributed by atoms with Gasteiger partial charge in [-0.3, -0.25) is 4.39 Å². The predicted octanol–water partition coefficient (Wildman–Crippen LogP) is 10.5. The molecule has 3 heterocycles. The molecule has 0 unspecified atom stereocenters. The van der Waals surface area contributed by atoms with Gasteiger partial charge in [0.05, 0.1) is 13.7 Å². The van der Waals surface area contributed by atoms with Crippen molar-refractivity contribution in [3.8, 4) is 22.5 Å². The smallest absolute Gasteiger partial charge is 0.120 e. The van der Waals surface area contributed by atoms with Crippen LogP contribution in [-0.2, 0) is 32.9 Å². The number of para-hydroxylation sites is 1. The Labute approximate surface area is 288 Å². The van der Waals surface area contributed by atoms with Crippen molar-refractivity contribution in [3.63, 3.8) is 0 Å². The van der Waals surface area contributed by atoms with Crippen molar-refractivity contribution in [3.05, 3.63) is 114 Å². The second-order valence-electron chi connectivity index (χ2n) is 14.5. The Balaban J connectivity index is 0.000000207. The first-order chi connectivity index (χ1) is 21.3. The minimum Gasteiger partial charge on any atom is -0.501 e. The standard InChI is InChI=1S/C22H20NO.C18H23FNSi.Ir/c1-22(2,3)14-15-11-12-23-19(13-15)18-9-6-8-17-16-7-4-5-10-20(16)24-21(17)18;1-13(2)10-15-11-17(14-6-8-16(19)9-7-14)20-12-18(15)21(3,4)5;/h4-8,10-13H,14H2,1-3H3;6,8-9,11-13H,10H2,1-5H3;/q2*-1;. The molecule has 3 aromatic carbocycles. The fourth-order valence-electron chi connectivity index (χ4n) is 5.71. The third-order valence-electron chi connectivity index (χ3n) is 7.63. The summed E-state index contributed by atoms with van der Waals surface area (Å²) >= 11 is 0.